The van der Waals surface area contributed by atoms with Crippen molar-refractivity contribution >= 4 is 11.6 Å². The van der Waals surface area contributed by atoms with Crippen molar-refractivity contribution in [3.05, 3.63) is 65.5 Å². The summed E-state index contributed by atoms with van der Waals surface area (Å²) in [5.74, 6) is 0.835. The molecule has 1 unspecified atom stereocenters. The van der Waals surface area contributed by atoms with Crippen LogP contribution in [0.3, 0.4) is 0 Å². The predicted molar refractivity (Wildman–Crippen MR) is 100.0 cm³/mol. The third-order valence-electron chi connectivity index (χ3n) is 4.80. The minimum atomic E-state index is -0.112. The van der Waals surface area contributed by atoms with Gasteiger partial charge in [-0.25, -0.2) is 0 Å². The highest BCUT2D eigenvalue weighted by Crippen LogP contribution is 2.32. The molecule has 27 heavy (non-hydrogen) atoms. The van der Waals surface area contributed by atoms with Crippen molar-refractivity contribution in [2.24, 2.45) is 0 Å². The van der Waals surface area contributed by atoms with Gasteiger partial charge in [0.05, 0.1) is 11.6 Å². The second-order valence-electron chi connectivity index (χ2n) is 6.58. The molecule has 134 valence electrons. The van der Waals surface area contributed by atoms with Crippen LogP contribution in [0.4, 0.5) is 5.69 Å². The Hall–Kier alpha value is -3.46. The third kappa shape index (κ3) is 3.32. The number of hydrogen-bond acceptors (Lipinski definition) is 5. The van der Waals surface area contributed by atoms with Crippen LogP contribution in [0.25, 0.3) is 11.5 Å². The van der Waals surface area contributed by atoms with Gasteiger partial charge in [-0.2, -0.15) is 10.2 Å². The molecule has 3 aromatic rings. The van der Waals surface area contributed by atoms with E-state index in [1.807, 2.05) is 18.2 Å². The number of nitrogens with zero attached hydrogens (tertiary/aromatic N) is 4. The van der Waals surface area contributed by atoms with E-state index >= 15 is 0 Å². The minimum absolute atomic E-state index is 0.0612. The number of nitriles is 1. The number of hydrogen-bond donors (Lipinski definition) is 0. The summed E-state index contributed by atoms with van der Waals surface area (Å²) in [7, 11) is 0. The standard InChI is InChI=1S/C21H18N4O2/c1-2-14-5-4-8-18(10-14)25-13-17(11-19(25)26)20-23-21(27-24-20)16-7-3-6-15(9-16)12-22/h3-10,17H,2,11,13H2,1H3. The molecule has 1 aromatic heterocycles. The molecular weight excluding hydrogens is 340 g/mol. The first kappa shape index (κ1) is 17.0. The molecule has 4 rings (SSSR count). The Bertz CT molecular complexity index is 1030. The van der Waals surface area contributed by atoms with Gasteiger partial charge in [-0.05, 0) is 42.3 Å². The van der Waals surface area contributed by atoms with Gasteiger partial charge in [-0.15, -0.1) is 0 Å². The molecule has 0 bridgehead atoms. The van der Waals surface area contributed by atoms with Crippen molar-refractivity contribution in [1.82, 2.24) is 10.1 Å². The number of anilines is 1. The lowest BCUT2D eigenvalue weighted by Gasteiger charge is -2.17. The number of aryl methyl sites for hydroxylation is 1. The molecule has 0 saturated carbocycles. The summed E-state index contributed by atoms with van der Waals surface area (Å²) in [5, 5.41) is 13.1. The zero-order chi connectivity index (χ0) is 18.8. The molecule has 0 spiro atoms. The van der Waals surface area contributed by atoms with E-state index < -0.39 is 0 Å². The fourth-order valence-electron chi connectivity index (χ4n) is 3.31. The average molecular weight is 358 g/mol. The van der Waals surface area contributed by atoms with Gasteiger partial charge < -0.3 is 9.42 Å². The zero-order valence-corrected chi connectivity index (χ0v) is 14.9. The van der Waals surface area contributed by atoms with Gasteiger partial charge >= 0.3 is 0 Å². The number of rotatable bonds is 4. The van der Waals surface area contributed by atoms with E-state index in [1.165, 1.54) is 5.56 Å². The third-order valence-corrected chi connectivity index (χ3v) is 4.80. The zero-order valence-electron chi connectivity index (χ0n) is 14.9. The van der Waals surface area contributed by atoms with Crippen molar-refractivity contribution in [3.63, 3.8) is 0 Å². The van der Waals surface area contributed by atoms with Crippen LogP contribution < -0.4 is 4.90 Å². The second-order valence-corrected chi connectivity index (χ2v) is 6.58. The van der Waals surface area contributed by atoms with Crippen molar-refractivity contribution in [1.29, 1.82) is 5.26 Å². The van der Waals surface area contributed by atoms with Crippen molar-refractivity contribution in [2.75, 3.05) is 11.4 Å². The van der Waals surface area contributed by atoms with E-state index in [0.717, 1.165) is 12.1 Å². The molecule has 1 aliphatic heterocycles. The number of aromatic nitrogens is 2. The van der Waals surface area contributed by atoms with Crippen molar-refractivity contribution in [2.45, 2.75) is 25.7 Å². The van der Waals surface area contributed by atoms with Gasteiger partial charge in [0.1, 0.15) is 0 Å². The van der Waals surface area contributed by atoms with Crippen LogP contribution in [0.2, 0.25) is 0 Å². The number of benzene rings is 2. The maximum atomic E-state index is 12.5. The van der Waals surface area contributed by atoms with Crippen molar-refractivity contribution < 1.29 is 9.32 Å². The van der Waals surface area contributed by atoms with E-state index in [-0.39, 0.29) is 11.8 Å². The van der Waals surface area contributed by atoms with Gasteiger partial charge in [0.25, 0.3) is 5.89 Å². The van der Waals surface area contributed by atoms with E-state index in [0.29, 0.717) is 35.8 Å². The highest BCUT2D eigenvalue weighted by molar-refractivity contribution is 5.96. The van der Waals surface area contributed by atoms with Gasteiger partial charge in [0.15, 0.2) is 5.82 Å². The Morgan fingerprint density at radius 2 is 2.11 bits per heavy atom. The van der Waals surface area contributed by atoms with Crippen LogP contribution in [-0.2, 0) is 11.2 Å². The van der Waals surface area contributed by atoms with E-state index in [1.54, 1.807) is 23.1 Å². The maximum absolute atomic E-state index is 12.5. The van der Waals surface area contributed by atoms with Crippen LogP contribution in [0, 0.1) is 11.3 Å². The molecular formula is C21H18N4O2. The molecule has 0 N–H and O–H groups in total. The normalized spacial score (nSPS) is 16.5. The maximum Gasteiger partial charge on any atom is 0.257 e. The Balaban J connectivity index is 1.56. The Morgan fingerprint density at radius 3 is 2.93 bits per heavy atom. The predicted octanol–water partition coefficient (Wildman–Crippen LogP) is 3.69. The topological polar surface area (TPSA) is 83.0 Å². The number of carbonyl (C=O) groups excluding carboxylic acids is 1. The van der Waals surface area contributed by atoms with Crippen LogP contribution in [-0.4, -0.2) is 22.6 Å². The monoisotopic (exact) mass is 358 g/mol. The quantitative estimate of drug-likeness (QED) is 0.710. The number of amides is 1. The van der Waals surface area contributed by atoms with E-state index in [4.69, 9.17) is 9.78 Å². The van der Waals surface area contributed by atoms with Gasteiger partial charge in [0, 0.05) is 30.1 Å². The van der Waals surface area contributed by atoms with Crippen molar-refractivity contribution in [3.8, 4) is 17.5 Å². The van der Waals surface area contributed by atoms with Gasteiger partial charge in [-0.1, -0.05) is 30.3 Å². The molecule has 6 nitrogen and oxygen atoms in total. The lowest BCUT2D eigenvalue weighted by atomic mass is 10.1. The molecule has 2 heterocycles. The number of carbonyl (C=O) groups is 1. The molecule has 1 fully saturated rings. The first-order valence-electron chi connectivity index (χ1n) is 8.91. The Morgan fingerprint density at radius 1 is 1.26 bits per heavy atom. The summed E-state index contributed by atoms with van der Waals surface area (Å²) >= 11 is 0. The summed E-state index contributed by atoms with van der Waals surface area (Å²) in [6.07, 6.45) is 1.28. The molecule has 6 heteroatoms. The largest absolute Gasteiger partial charge is 0.334 e. The Labute approximate surface area is 157 Å². The average Bonchev–Trinajstić information content (AvgIpc) is 3.35. The summed E-state index contributed by atoms with van der Waals surface area (Å²) in [5.41, 5.74) is 3.34. The minimum Gasteiger partial charge on any atom is -0.334 e. The first-order chi connectivity index (χ1) is 13.2. The molecule has 1 atom stereocenters. The van der Waals surface area contributed by atoms with E-state index in [2.05, 4.69) is 35.3 Å². The fraction of sp³-hybridized carbons (Fsp3) is 0.238. The highest BCUT2D eigenvalue weighted by atomic mass is 16.5. The van der Waals surface area contributed by atoms with Gasteiger partial charge in [-0.3, -0.25) is 4.79 Å². The molecule has 0 aliphatic carbocycles. The SMILES string of the molecule is CCc1cccc(N2CC(c3noc(-c4cccc(C#N)c4)n3)CC2=O)c1. The summed E-state index contributed by atoms with van der Waals surface area (Å²) < 4.78 is 5.37. The lowest BCUT2D eigenvalue weighted by molar-refractivity contribution is -0.117. The Kier molecular flexibility index (Phi) is 4.43. The molecule has 1 amide bonds. The molecule has 1 aliphatic rings. The fourth-order valence-corrected chi connectivity index (χ4v) is 3.31. The molecule has 0 radical (unpaired) electrons. The second kappa shape index (κ2) is 7.04. The highest BCUT2D eigenvalue weighted by Gasteiger charge is 2.34. The summed E-state index contributed by atoms with van der Waals surface area (Å²) in [6.45, 7) is 2.62. The van der Waals surface area contributed by atoms with E-state index in [9.17, 15) is 4.79 Å². The summed E-state index contributed by atoms with van der Waals surface area (Å²) in [4.78, 5) is 18.8. The first-order valence-corrected chi connectivity index (χ1v) is 8.91. The molecule has 1 saturated heterocycles. The lowest BCUT2D eigenvalue weighted by Crippen LogP contribution is -2.24. The smallest absolute Gasteiger partial charge is 0.257 e. The van der Waals surface area contributed by atoms with Crippen LogP contribution in [0.1, 0.15) is 36.2 Å². The van der Waals surface area contributed by atoms with Crippen LogP contribution >= 0.6 is 0 Å². The van der Waals surface area contributed by atoms with Crippen LogP contribution in [0.15, 0.2) is 53.1 Å². The van der Waals surface area contributed by atoms with Gasteiger partial charge in [0.2, 0.25) is 5.91 Å². The summed E-state index contributed by atoms with van der Waals surface area (Å²) in [6, 6.07) is 17.2. The van der Waals surface area contributed by atoms with Crippen LogP contribution in [0.5, 0.6) is 0 Å². The molecule has 2 aromatic carbocycles.